The van der Waals surface area contributed by atoms with Gasteiger partial charge in [0.05, 0.1) is 13.7 Å². The van der Waals surface area contributed by atoms with Crippen molar-refractivity contribution in [3.63, 3.8) is 0 Å². The van der Waals surface area contributed by atoms with Gasteiger partial charge in [0.25, 0.3) is 5.91 Å². The van der Waals surface area contributed by atoms with Crippen LogP contribution in [0.2, 0.25) is 0 Å². The van der Waals surface area contributed by atoms with Crippen LogP contribution in [0.4, 0.5) is 8.78 Å². The van der Waals surface area contributed by atoms with Gasteiger partial charge in [-0.05, 0) is 24.6 Å². The van der Waals surface area contributed by atoms with Crippen LogP contribution in [0, 0.1) is 11.6 Å². The number of methoxy groups -OCH3 is 1. The smallest absolute Gasteiger partial charge is 0.373 e. The summed E-state index contributed by atoms with van der Waals surface area (Å²) in [5.41, 5.74) is -0.373. The number of aliphatic hydroxyl groups excluding tert-OH is 1. The van der Waals surface area contributed by atoms with Crippen LogP contribution in [0.15, 0.2) is 34.7 Å². The summed E-state index contributed by atoms with van der Waals surface area (Å²) in [7, 11) is 1.27. The summed E-state index contributed by atoms with van der Waals surface area (Å²) in [5, 5.41) is 10.2. The lowest BCUT2D eigenvalue weighted by molar-refractivity contribution is -0.140. The Hall–Kier alpha value is -2.78. The SMILES string of the molecule is COC(=O)c1ccc(CN2CCCN(C(=O)C(O)c3cccc(F)c3F)CC2)o1. The highest BCUT2D eigenvalue weighted by molar-refractivity contribution is 5.86. The first-order chi connectivity index (χ1) is 13.9. The minimum Gasteiger partial charge on any atom is -0.463 e. The van der Waals surface area contributed by atoms with Crippen molar-refractivity contribution in [1.82, 2.24) is 9.80 Å². The molecule has 0 radical (unpaired) electrons. The molecular formula is C20H22F2N2O5. The number of hydrogen-bond acceptors (Lipinski definition) is 6. The summed E-state index contributed by atoms with van der Waals surface area (Å²) in [5.74, 6) is -2.84. The van der Waals surface area contributed by atoms with Crippen LogP contribution in [0.25, 0.3) is 0 Å². The highest BCUT2D eigenvalue weighted by Gasteiger charge is 2.28. The Morgan fingerprint density at radius 3 is 2.72 bits per heavy atom. The number of nitrogens with zero attached hydrogens (tertiary/aromatic N) is 2. The normalized spacial score (nSPS) is 16.3. The number of ether oxygens (including phenoxy) is 1. The quantitative estimate of drug-likeness (QED) is 0.763. The zero-order chi connectivity index (χ0) is 21.0. The van der Waals surface area contributed by atoms with E-state index in [2.05, 4.69) is 4.74 Å². The Morgan fingerprint density at radius 1 is 1.17 bits per heavy atom. The monoisotopic (exact) mass is 408 g/mol. The van der Waals surface area contributed by atoms with Crippen molar-refractivity contribution in [3.8, 4) is 0 Å². The molecule has 1 N–H and O–H groups in total. The molecule has 7 nitrogen and oxygen atoms in total. The molecule has 2 heterocycles. The molecule has 156 valence electrons. The molecule has 0 bridgehead atoms. The predicted molar refractivity (Wildman–Crippen MR) is 97.8 cm³/mol. The number of furan rings is 1. The maximum Gasteiger partial charge on any atom is 0.373 e. The second-order valence-corrected chi connectivity index (χ2v) is 6.76. The first kappa shape index (κ1) is 20.9. The van der Waals surface area contributed by atoms with Crippen molar-refractivity contribution in [1.29, 1.82) is 0 Å². The Labute approximate surface area is 166 Å². The van der Waals surface area contributed by atoms with Crippen LogP contribution in [-0.2, 0) is 16.1 Å². The third-order valence-electron chi connectivity index (χ3n) is 4.84. The molecule has 0 saturated carbocycles. The van der Waals surface area contributed by atoms with Crippen LogP contribution in [0.1, 0.15) is 34.4 Å². The van der Waals surface area contributed by atoms with Gasteiger partial charge >= 0.3 is 5.97 Å². The zero-order valence-corrected chi connectivity index (χ0v) is 15.9. The van der Waals surface area contributed by atoms with E-state index in [4.69, 9.17) is 4.42 Å². The van der Waals surface area contributed by atoms with Crippen molar-refractivity contribution in [2.45, 2.75) is 19.1 Å². The second kappa shape index (κ2) is 9.15. The molecule has 1 saturated heterocycles. The van der Waals surface area contributed by atoms with Crippen molar-refractivity contribution < 1.29 is 32.6 Å². The maximum atomic E-state index is 13.9. The molecule has 1 unspecified atom stereocenters. The zero-order valence-electron chi connectivity index (χ0n) is 15.9. The van der Waals surface area contributed by atoms with Gasteiger partial charge < -0.3 is 19.2 Å². The van der Waals surface area contributed by atoms with Crippen LogP contribution in [0.3, 0.4) is 0 Å². The van der Waals surface area contributed by atoms with Gasteiger partial charge in [0, 0.05) is 31.7 Å². The number of halogens is 2. The summed E-state index contributed by atoms with van der Waals surface area (Å²) >= 11 is 0. The van der Waals surface area contributed by atoms with Crippen LogP contribution in [-0.4, -0.2) is 60.1 Å². The fraction of sp³-hybridized carbons (Fsp3) is 0.400. The van der Waals surface area contributed by atoms with E-state index in [-0.39, 0.29) is 11.3 Å². The molecule has 1 aliphatic heterocycles. The average molecular weight is 408 g/mol. The lowest BCUT2D eigenvalue weighted by atomic mass is 10.1. The minimum absolute atomic E-state index is 0.120. The minimum atomic E-state index is -1.76. The lowest BCUT2D eigenvalue weighted by Gasteiger charge is -2.24. The van der Waals surface area contributed by atoms with E-state index in [1.165, 1.54) is 24.1 Å². The fourth-order valence-corrected chi connectivity index (χ4v) is 3.28. The summed E-state index contributed by atoms with van der Waals surface area (Å²) < 4.78 is 37.3. The van der Waals surface area contributed by atoms with Crippen molar-refractivity contribution in [2.24, 2.45) is 0 Å². The average Bonchev–Trinajstić information content (AvgIpc) is 3.06. The number of hydrogen-bond donors (Lipinski definition) is 1. The summed E-state index contributed by atoms with van der Waals surface area (Å²) in [6, 6.07) is 6.61. The van der Waals surface area contributed by atoms with Crippen LogP contribution >= 0.6 is 0 Å². The molecule has 9 heteroatoms. The predicted octanol–water partition coefficient (Wildman–Crippen LogP) is 2.11. The first-order valence-corrected chi connectivity index (χ1v) is 9.21. The van der Waals surface area contributed by atoms with E-state index >= 15 is 0 Å². The number of carbonyl (C=O) groups is 2. The molecular weight excluding hydrogens is 386 g/mol. The number of carbonyl (C=O) groups excluding carboxylic acids is 2. The first-order valence-electron chi connectivity index (χ1n) is 9.21. The summed E-state index contributed by atoms with van der Waals surface area (Å²) in [6.07, 6.45) is -1.13. The number of benzene rings is 1. The van der Waals surface area contributed by atoms with Crippen LogP contribution in [0.5, 0.6) is 0 Å². The van der Waals surface area contributed by atoms with Gasteiger partial charge in [0.15, 0.2) is 17.7 Å². The molecule has 1 aromatic carbocycles. The Bertz CT molecular complexity index is 886. The lowest BCUT2D eigenvalue weighted by Crippen LogP contribution is -2.38. The number of rotatable bonds is 5. The topological polar surface area (TPSA) is 83.2 Å². The van der Waals surface area contributed by atoms with Gasteiger partial charge in [0.2, 0.25) is 5.76 Å². The third kappa shape index (κ3) is 4.80. The van der Waals surface area contributed by atoms with Gasteiger partial charge in [-0.2, -0.15) is 0 Å². The molecule has 3 rings (SSSR count). The van der Waals surface area contributed by atoms with E-state index < -0.39 is 29.6 Å². The molecule has 1 atom stereocenters. The van der Waals surface area contributed by atoms with Gasteiger partial charge in [-0.3, -0.25) is 9.69 Å². The van der Waals surface area contributed by atoms with E-state index in [0.717, 1.165) is 6.07 Å². The molecule has 1 aromatic heterocycles. The molecule has 1 fully saturated rings. The van der Waals surface area contributed by atoms with E-state index in [1.807, 2.05) is 4.90 Å². The van der Waals surface area contributed by atoms with Crippen molar-refractivity contribution >= 4 is 11.9 Å². The van der Waals surface area contributed by atoms with E-state index in [0.29, 0.717) is 44.9 Å². The molecule has 29 heavy (non-hydrogen) atoms. The highest BCUT2D eigenvalue weighted by Crippen LogP contribution is 2.22. The van der Waals surface area contributed by atoms with Gasteiger partial charge in [-0.25, -0.2) is 13.6 Å². The number of esters is 1. The Balaban J connectivity index is 1.60. The van der Waals surface area contributed by atoms with Crippen molar-refractivity contribution in [3.05, 3.63) is 59.1 Å². The van der Waals surface area contributed by atoms with Crippen LogP contribution < -0.4 is 0 Å². The Kier molecular flexibility index (Phi) is 6.60. The molecule has 0 aliphatic carbocycles. The van der Waals surface area contributed by atoms with Gasteiger partial charge in [0.1, 0.15) is 5.76 Å². The molecule has 0 spiro atoms. The van der Waals surface area contributed by atoms with E-state index in [9.17, 15) is 23.5 Å². The molecule has 1 amide bonds. The number of aliphatic hydroxyl groups is 1. The fourth-order valence-electron chi connectivity index (χ4n) is 3.28. The third-order valence-corrected chi connectivity index (χ3v) is 4.84. The second-order valence-electron chi connectivity index (χ2n) is 6.76. The van der Waals surface area contributed by atoms with Gasteiger partial charge in [-0.1, -0.05) is 12.1 Å². The molecule has 1 aliphatic rings. The summed E-state index contributed by atoms with van der Waals surface area (Å²) in [4.78, 5) is 27.5. The Morgan fingerprint density at radius 2 is 1.97 bits per heavy atom. The maximum absolute atomic E-state index is 13.9. The van der Waals surface area contributed by atoms with E-state index in [1.54, 1.807) is 12.1 Å². The number of amides is 1. The largest absolute Gasteiger partial charge is 0.463 e. The molecule has 2 aromatic rings. The van der Waals surface area contributed by atoms with Gasteiger partial charge in [-0.15, -0.1) is 0 Å². The summed E-state index contributed by atoms with van der Waals surface area (Å²) in [6.45, 7) is 2.31. The van der Waals surface area contributed by atoms with Crippen molar-refractivity contribution in [2.75, 3.05) is 33.3 Å². The highest BCUT2D eigenvalue weighted by atomic mass is 19.2. The standard InChI is InChI=1S/C20H22F2N2O5/c1-28-20(27)16-7-6-13(29-16)12-23-8-3-9-24(11-10-23)19(26)18(25)14-4-2-5-15(21)17(14)22/h2,4-7,18,25H,3,8-12H2,1H3.